The molecule has 7 heteroatoms. The van der Waals surface area contributed by atoms with Crippen LogP contribution in [0.1, 0.15) is 26.2 Å². The lowest BCUT2D eigenvalue weighted by Crippen LogP contribution is -2.49. The van der Waals surface area contributed by atoms with Crippen molar-refractivity contribution in [3.8, 4) is 0 Å². The van der Waals surface area contributed by atoms with Crippen molar-refractivity contribution >= 4 is 15.7 Å². The summed E-state index contributed by atoms with van der Waals surface area (Å²) in [6, 6.07) is -0.286. The molecule has 3 atom stereocenters. The number of ether oxygens (including phenoxy) is 1. The maximum atomic E-state index is 11.9. The molecule has 0 radical (unpaired) electrons. The minimum absolute atomic E-state index is 0.0183. The zero-order valence-corrected chi connectivity index (χ0v) is 12.0. The first-order valence-electron chi connectivity index (χ1n) is 6.81. The van der Waals surface area contributed by atoms with Gasteiger partial charge in [0.2, 0.25) is 5.91 Å². The van der Waals surface area contributed by atoms with Gasteiger partial charge >= 0.3 is 0 Å². The van der Waals surface area contributed by atoms with Crippen molar-refractivity contribution in [3.63, 3.8) is 0 Å². The summed E-state index contributed by atoms with van der Waals surface area (Å²) < 4.78 is 28.5. The predicted molar refractivity (Wildman–Crippen MR) is 71.6 cm³/mol. The van der Waals surface area contributed by atoms with Gasteiger partial charge in [0.25, 0.3) is 0 Å². The molecule has 0 aromatic heterocycles. The fraction of sp³-hybridized carbons (Fsp3) is 0.917. The Morgan fingerprint density at radius 3 is 2.95 bits per heavy atom. The van der Waals surface area contributed by atoms with Crippen LogP contribution >= 0.6 is 0 Å². The summed E-state index contributed by atoms with van der Waals surface area (Å²) in [5.41, 5.74) is 0. The Hall–Kier alpha value is -0.660. The van der Waals surface area contributed by atoms with Crippen LogP contribution in [0.3, 0.4) is 0 Å². The number of carbonyl (C=O) groups excluding carboxylic acids is 1. The Kier molecular flexibility index (Phi) is 4.81. The quantitative estimate of drug-likeness (QED) is 0.725. The molecule has 2 heterocycles. The largest absolute Gasteiger partial charge is 0.376 e. The Bertz CT molecular complexity index is 417. The molecule has 2 rings (SSSR count). The molecule has 2 aliphatic heterocycles. The molecular weight excluding hydrogens is 268 g/mol. The summed E-state index contributed by atoms with van der Waals surface area (Å²) >= 11 is 0. The Balaban J connectivity index is 1.77. The third-order valence-corrected chi connectivity index (χ3v) is 5.38. The van der Waals surface area contributed by atoms with Gasteiger partial charge in [0, 0.05) is 25.6 Å². The van der Waals surface area contributed by atoms with E-state index in [9.17, 15) is 13.2 Å². The molecule has 2 aliphatic rings. The van der Waals surface area contributed by atoms with Crippen molar-refractivity contribution in [3.05, 3.63) is 0 Å². The van der Waals surface area contributed by atoms with Gasteiger partial charge in [0.05, 0.1) is 23.7 Å². The van der Waals surface area contributed by atoms with Gasteiger partial charge in [-0.3, -0.25) is 4.79 Å². The summed E-state index contributed by atoms with van der Waals surface area (Å²) in [4.78, 5) is 11.9. The minimum Gasteiger partial charge on any atom is -0.376 e. The highest BCUT2D eigenvalue weighted by molar-refractivity contribution is 7.91. The van der Waals surface area contributed by atoms with Gasteiger partial charge in [-0.25, -0.2) is 8.42 Å². The normalized spacial score (nSPS) is 31.8. The molecule has 0 aliphatic carbocycles. The Labute approximate surface area is 114 Å². The number of carbonyl (C=O) groups is 1. The van der Waals surface area contributed by atoms with Crippen molar-refractivity contribution in [2.75, 3.05) is 24.7 Å². The second-order valence-corrected chi connectivity index (χ2v) is 7.61. The first-order chi connectivity index (χ1) is 8.96. The lowest BCUT2D eigenvalue weighted by Gasteiger charge is -2.25. The number of amides is 1. The van der Waals surface area contributed by atoms with Crippen LogP contribution in [-0.2, 0) is 19.4 Å². The monoisotopic (exact) mass is 290 g/mol. The topological polar surface area (TPSA) is 84.5 Å². The van der Waals surface area contributed by atoms with E-state index in [-0.39, 0.29) is 42.0 Å². The van der Waals surface area contributed by atoms with Gasteiger partial charge < -0.3 is 15.4 Å². The van der Waals surface area contributed by atoms with Gasteiger partial charge in [-0.2, -0.15) is 0 Å². The van der Waals surface area contributed by atoms with E-state index in [2.05, 4.69) is 10.6 Å². The average molecular weight is 290 g/mol. The van der Waals surface area contributed by atoms with E-state index >= 15 is 0 Å². The predicted octanol–water partition coefficient (Wildman–Crippen LogP) is -0.553. The van der Waals surface area contributed by atoms with E-state index in [1.54, 1.807) is 0 Å². The summed E-state index contributed by atoms with van der Waals surface area (Å²) in [6.07, 6.45) is 2.30. The zero-order chi connectivity index (χ0) is 13.9. The van der Waals surface area contributed by atoms with Crippen LogP contribution < -0.4 is 10.6 Å². The summed E-state index contributed by atoms with van der Waals surface area (Å²) in [5, 5.41) is 5.97. The summed E-state index contributed by atoms with van der Waals surface area (Å²) in [5.74, 6) is 0.101. The molecule has 19 heavy (non-hydrogen) atoms. The Morgan fingerprint density at radius 2 is 2.32 bits per heavy atom. The molecule has 2 fully saturated rings. The SMILES string of the molecule is CC(NC(=O)CC1CS(=O)(=O)CCN1)C1CCCO1. The van der Waals surface area contributed by atoms with Crippen LogP contribution in [0, 0.1) is 0 Å². The number of sulfone groups is 1. The van der Waals surface area contributed by atoms with Crippen LogP contribution in [0.2, 0.25) is 0 Å². The molecule has 0 aromatic carbocycles. The third-order valence-electron chi connectivity index (χ3n) is 3.64. The van der Waals surface area contributed by atoms with E-state index in [0.29, 0.717) is 6.54 Å². The van der Waals surface area contributed by atoms with Crippen LogP contribution in [0.4, 0.5) is 0 Å². The van der Waals surface area contributed by atoms with E-state index in [4.69, 9.17) is 4.74 Å². The molecule has 0 aromatic rings. The van der Waals surface area contributed by atoms with Crippen molar-refractivity contribution in [1.29, 1.82) is 0 Å². The molecule has 0 bridgehead atoms. The Morgan fingerprint density at radius 1 is 1.53 bits per heavy atom. The van der Waals surface area contributed by atoms with Crippen molar-refractivity contribution in [2.45, 2.75) is 44.4 Å². The highest BCUT2D eigenvalue weighted by atomic mass is 32.2. The van der Waals surface area contributed by atoms with Crippen molar-refractivity contribution < 1.29 is 17.9 Å². The maximum absolute atomic E-state index is 11.9. The molecular formula is C12H22N2O4S. The van der Waals surface area contributed by atoms with Gasteiger partial charge in [0.15, 0.2) is 9.84 Å². The highest BCUT2D eigenvalue weighted by Crippen LogP contribution is 2.15. The van der Waals surface area contributed by atoms with Gasteiger partial charge in [-0.15, -0.1) is 0 Å². The van der Waals surface area contributed by atoms with Crippen LogP contribution in [0.25, 0.3) is 0 Å². The fourth-order valence-electron chi connectivity index (χ4n) is 2.62. The second-order valence-electron chi connectivity index (χ2n) is 5.38. The van der Waals surface area contributed by atoms with Crippen LogP contribution in [0.5, 0.6) is 0 Å². The van der Waals surface area contributed by atoms with Crippen molar-refractivity contribution in [1.82, 2.24) is 10.6 Å². The number of nitrogens with one attached hydrogen (secondary N) is 2. The number of hydrogen-bond acceptors (Lipinski definition) is 5. The first-order valence-corrected chi connectivity index (χ1v) is 8.63. The molecule has 3 unspecified atom stereocenters. The van der Waals surface area contributed by atoms with E-state index in [0.717, 1.165) is 19.4 Å². The molecule has 110 valence electrons. The maximum Gasteiger partial charge on any atom is 0.221 e. The molecule has 6 nitrogen and oxygen atoms in total. The van der Waals surface area contributed by atoms with E-state index < -0.39 is 9.84 Å². The zero-order valence-electron chi connectivity index (χ0n) is 11.2. The molecule has 2 N–H and O–H groups in total. The molecule has 1 amide bonds. The summed E-state index contributed by atoms with van der Waals surface area (Å²) in [7, 11) is -2.99. The van der Waals surface area contributed by atoms with Crippen LogP contribution in [0.15, 0.2) is 0 Å². The highest BCUT2D eigenvalue weighted by Gasteiger charge is 2.28. The molecule has 2 saturated heterocycles. The van der Waals surface area contributed by atoms with Crippen molar-refractivity contribution in [2.24, 2.45) is 0 Å². The number of hydrogen-bond donors (Lipinski definition) is 2. The lowest BCUT2D eigenvalue weighted by molar-refractivity contribution is -0.123. The van der Waals surface area contributed by atoms with Gasteiger partial charge in [-0.1, -0.05) is 0 Å². The average Bonchev–Trinajstić information content (AvgIpc) is 2.80. The standard InChI is InChI=1S/C12H22N2O4S/c1-9(11-3-2-5-18-11)14-12(15)7-10-8-19(16,17)6-4-13-10/h9-11,13H,2-8H2,1H3,(H,14,15). The number of rotatable bonds is 4. The fourth-order valence-corrected chi connectivity index (χ4v) is 4.07. The van der Waals surface area contributed by atoms with E-state index in [1.165, 1.54) is 0 Å². The molecule has 0 saturated carbocycles. The van der Waals surface area contributed by atoms with Gasteiger partial charge in [-0.05, 0) is 19.8 Å². The van der Waals surface area contributed by atoms with Crippen LogP contribution in [-0.4, -0.2) is 57.2 Å². The summed E-state index contributed by atoms with van der Waals surface area (Å²) in [6.45, 7) is 3.12. The van der Waals surface area contributed by atoms with Gasteiger partial charge in [0.1, 0.15) is 0 Å². The lowest BCUT2D eigenvalue weighted by atomic mass is 10.1. The minimum atomic E-state index is -2.99. The molecule has 0 spiro atoms. The smallest absolute Gasteiger partial charge is 0.221 e. The van der Waals surface area contributed by atoms with E-state index in [1.807, 2.05) is 6.92 Å². The third kappa shape index (κ3) is 4.43. The second kappa shape index (κ2) is 6.19. The first kappa shape index (κ1) is 14.7.